The van der Waals surface area contributed by atoms with Crippen LogP contribution in [0.5, 0.6) is 5.75 Å². The van der Waals surface area contributed by atoms with Crippen LogP contribution in [0.15, 0.2) is 36.5 Å². The number of nitrogens with one attached hydrogen (secondary N) is 1. The Kier molecular flexibility index (Phi) is 4.70. The van der Waals surface area contributed by atoms with Gasteiger partial charge in [0.2, 0.25) is 0 Å². The van der Waals surface area contributed by atoms with Gasteiger partial charge in [0.15, 0.2) is 0 Å². The largest absolute Gasteiger partial charge is 0.488 e. The second-order valence-corrected chi connectivity index (χ2v) is 4.51. The summed E-state index contributed by atoms with van der Waals surface area (Å²) in [5.41, 5.74) is 3.40. The van der Waals surface area contributed by atoms with E-state index in [4.69, 9.17) is 10.00 Å². The monoisotopic (exact) mass is 267 g/mol. The number of benzene rings is 1. The highest BCUT2D eigenvalue weighted by Gasteiger charge is 2.08. The van der Waals surface area contributed by atoms with Gasteiger partial charge in [-0.1, -0.05) is 24.3 Å². The highest BCUT2D eigenvalue weighted by Crippen LogP contribution is 2.24. The van der Waals surface area contributed by atoms with Gasteiger partial charge in [-0.05, 0) is 25.6 Å². The summed E-state index contributed by atoms with van der Waals surface area (Å²) in [5.74, 6) is 0.870. The first-order valence-electron chi connectivity index (χ1n) is 6.46. The Morgan fingerprint density at radius 1 is 1.25 bits per heavy atom. The zero-order valence-corrected chi connectivity index (χ0v) is 11.7. The van der Waals surface area contributed by atoms with Crippen LogP contribution in [0.2, 0.25) is 0 Å². The van der Waals surface area contributed by atoms with E-state index < -0.39 is 0 Å². The van der Waals surface area contributed by atoms with E-state index in [1.807, 2.05) is 44.3 Å². The van der Waals surface area contributed by atoms with Crippen LogP contribution in [0.25, 0.3) is 0 Å². The van der Waals surface area contributed by atoms with Gasteiger partial charge in [0.05, 0.1) is 0 Å². The van der Waals surface area contributed by atoms with Crippen LogP contribution in [0.4, 0.5) is 0 Å². The smallest absolute Gasteiger partial charge is 0.147 e. The van der Waals surface area contributed by atoms with Crippen LogP contribution < -0.4 is 10.1 Å². The molecule has 0 spiro atoms. The summed E-state index contributed by atoms with van der Waals surface area (Å²) in [6.07, 6.45) is 1.61. The van der Waals surface area contributed by atoms with E-state index in [9.17, 15) is 0 Å². The van der Waals surface area contributed by atoms with Crippen molar-refractivity contribution in [1.82, 2.24) is 10.3 Å². The third-order valence-corrected chi connectivity index (χ3v) is 3.03. The van der Waals surface area contributed by atoms with Crippen LogP contribution in [-0.2, 0) is 13.2 Å². The van der Waals surface area contributed by atoms with Gasteiger partial charge in [-0.15, -0.1) is 0 Å². The predicted molar refractivity (Wildman–Crippen MR) is 77.2 cm³/mol. The molecule has 0 unspecified atom stereocenters. The summed E-state index contributed by atoms with van der Waals surface area (Å²) in [5, 5.41) is 12.2. The van der Waals surface area contributed by atoms with Crippen molar-refractivity contribution >= 4 is 0 Å². The summed E-state index contributed by atoms with van der Waals surface area (Å²) in [7, 11) is 1.90. The number of para-hydroxylation sites is 1. The quantitative estimate of drug-likeness (QED) is 0.904. The number of aromatic nitrogens is 1. The maximum atomic E-state index is 9.03. The summed E-state index contributed by atoms with van der Waals surface area (Å²) in [6.45, 7) is 3.11. The molecule has 0 bridgehead atoms. The Labute approximate surface area is 119 Å². The average molecular weight is 267 g/mol. The van der Waals surface area contributed by atoms with E-state index in [1.165, 1.54) is 0 Å². The molecule has 4 heteroatoms. The van der Waals surface area contributed by atoms with E-state index in [-0.39, 0.29) is 0 Å². The molecule has 1 aromatic heterocycles. The first kappa shape index (κ1) is 14.0. The molecule has 1 heterocycles. The topological polar surface area (TPSA) is 57.9 Å². The molecule has 0 aliphatic carbocycles. The fourth-order valence-electron chi connectivity index (χ4n) is 2.06. The van der Waals surface area contributed by atoms with Crippen LogP contribution >= 0.6 is 0 Å². The number of hydrogen-bond donors (Lipinski definition) is 1. The van der Waals surface area contributed by atoms with E-state index in [0.717, 1.165) is 29.0 Å². The van der Waals surface area contributed by atoms with Gasteiger partial charge in [0.25, 0.3) is 0 Å². The van der Waals surface area contributed by atoms with Gasteiger partial charge in [-0.2, -0.15) is 5.26 Å². The highest BCUT2D eigenvalue weighted by atomic mass is 16.5. The SMILES string of the molecule is CNCc1cccc(C)c1OCc1cccnc1C#N. The lowest BCUT2D eigenvalue weighted by Crippen LogP contribution is -2.09. The number of pyridine rings is 1. The zero-order valence-electron chi connectivity index (χ0n) is 11.7. The van der Waals surface area contributed by atoms with Gasteiger partial charge >= 0.3 is 0 Å². The molecule has 0 saturated heterocycles. The van der Waals surface area contributed by atoms with E-state index in [1.54, 1.807) is 6.20 Å². The lowest BCUT2D eigenvalue weighted by atomic mass is 10.1. The van der Waals surface area contributed by atoms with Crippen molar-refractivity contribution in [3.63, 3.8) is 0 Å². The molecule has 2 rings (SSSR count). The van der Waals surface area contributed by atoms with Gasteiger partial charge in [-0.3, -0.25) is 0 Å². The van der Waals surface area contributed by atoms with Gasteiger partial charge in [-0.25, -0.2) is 4.98 Å². The third kappa shape index (κ3) is 3.14. The molecule has 0 atom stereocenters. The van der Waals surface area contributed by atoms with Crippen LogP contribution in [-0.4, -0.2) is 12.0 Å². The molecule has 0 radical (unpaired) electrons. The minimum atomic E-state index is 0.346. The normalized spacial score (nSPS) is 10.1. The second-order valence-electron chi connectivity index (χ2n) is 4.51. The minimum Gasteiger partial charge on any atom is -0.488 e. The summed E-state index contributed by atoms with van der Waals surface area (Å²) < 4.78 is 5.92. The lowest BCUT2D eigenvalue weighted by Gasteiger charge is -2.14. The zero-order chi connectivity index (χ0) is 14.4. The maximum Gasteiger partial charge on any atom is 0.147 e. The second kappa shape index (κ2) is 6.69. The molecule has 2 aromatic rings. The standard InChI is InChI=1S/C16H17N3O/c1-12-5-3-6-13(10-18-2)16(12)20-11-14-7-4-8-19-15(14)9-17/h3-8,18H,10-11H2,1-2H3. The van der Waals surface area contributed by atoms with Crippen molar-refractivity contribution in [3.8, 4) is 11.8 Å². The van der Waals surface area contributed by atoms with E-state index in [2.05, 4.69) is 16.4 Å². The molecule has 0 aliphatic heterocycles. The number of hydrogen-bond acceptors (Lipinski definition) is 4. The highest BCUT2D eigenvalue weighted by molar-refractivity contribution is 5.41. The first-order chi connectivity index (χ1) is 9.76. The van der Waals surface area contributed by atoms with Crippen LogP contribution in [0.1, 0.15) is 22.4 Å². The Balaban J connectivity index is 2.21. The summed E-state index contributed by atoms with van der Waals surface area (Å²) in [6, 6.07) is 11.8. The van der Waals surface area contributed by atoms with E-state index >= 15 is 0 Å². The number of nitrogens with zero attached hydrogens (tertiary/aromatic N) is 2. The fraction of sp³-hybridized carbons (Fsp3) is 0.250. The number of aryl methyl sites for hydroxylation is 1. The molecule has 0 amide bonds. The van der Waals surface area contributed by atoms with Crippen molar-refractivity contribution in [2.75, 3.05) is 7.05 Å². The van der Waals surface area contributed by atoms with E-state index in [0.29, 0.717) is 12.3 Å². The Bertz CT molecular complexity index is 632. The van der Waals surface area contributed by atoms with Crippen LogP contribution in [0.3, 0.4) is 0 Å². The lowest BCUT2D eigenvalue weighted by molar-refractivity contribution is 0.299. The third-order valence-electron chi connectivity index (χ3n) is 3.03. The number of ether oxygens (including phenoxy) is 1. The molecule has 4 nitrogen and oxygen atoms in total. The van der Waals surface area contributed by atoms with Crippen molar-refractivity contribution in [1.29, 1.82) is 5.26 Å². The van der Waals surface area contributed by atoms with Crippen molar-refractivity contribution in [2.24, 2.45) is 0 Å². The molecular formula is C16H17N3O. The molecule has 0 fully saturated rings. The number of rotatable bonds is 5. The van der Waals surface area contributed by atoms with Gasteiger partial charge in [0.1, 0.15) is 24.1 Å². The Hall–Kier alpha value is -2.38. The Morgan fingerprint density at radius 2 is 2.05 bits per heavy atom. The molecule has 1 aromatic carbocycles. The summed E-state index contributed by atoms with van der Waals surface area (Å²) >= 11 is 0. The maximum absolute atomic E-state index is 9.03. The minimum absolute atomic E-state index is 0.346. The van der Waals surface area contributed by atoms with Gasteiger partial charge in [0, 0.05) is 23.9 Å². The predicted octanol–water partition coefficient (Wildman–Crippen LogP) is 2.56. The van der Waals surface area contributed by atoms with Crippen molar-refractivity contribution < 1.29 is 4.74 Å². The van der Waals surface area contributed by atoms with Crippen molar-refractivity contribution in [2.45, 2.75) is 20.1 Å². The van der Waals surface area contributed by atoms with Crippen LogP contribution in [0, 0.1) is 18.3 Å². The average Bonchev–Trinajstić information content (AvgIpc) is 2.47. The molecule has 1 N–H and O–H groups in total. The van der Waals surface area contributed by atoms with Gasteiger partial charge < -0.3 is 10.1 Å². The molecular weight excluding hydrogens is 250 g/mol. The molecule has 20 heavy (non-hydrogen) atoms. The first-order valence-corrected chi connectivity index (χ1v) is 6.46. The van der Waals surface area contributed by atoms with Crippen molar-refractivity contribution in [3.05, 3.63) is 58.9 Å². The fourth-order valence-corrected chi connectivity index (χ4v) is 2.06. The Morgan fingerprint density at radius 3 is 2.80 bits per heavy atom. The molecule has 0 aliphatic rings. The molecule has 0 saturated carbocycles. The summed E-state index contributed by atoms with van der Waals surface area (Å²) in [4.78, 5) is 4.04. The number of nitriles is 1. The molecule has 102 valence electrons.